The molecule has 2 rings (SSSR count). The van der Waals surface area contributed by atoms with Gasteiger partial charge in [-0.05, 0) is 41.3 Å². The van der Waals surface area contributed by atoms with E-state index in [1.807, 2.05) is 0 Å². The zero-order chi connectivity index (χ0) is 13.8. The first-order chi connectivity index (χ1) is 9.17. The number of amides is 1. The molecule has 1 saturated heterocycles. The molecule has 0 saturated carbocycles. The second-order valence-corrected chi connectivity index (χ2v) is 5.44. The summed E-state index contributed by atoms with van der Waals surface area (Å²) in [4.78, 5) is 18.3. The normalized spacial score (nSPS) is 19.3. The molecule has 1 atom stereocenters. The minimum atomic E-state index is -0.152. The highest BCUT2D eigenvalue weighted by molar-refractivity contribution is 9.10. The van der Waals surface area contributed by atoms with Crippen molar-refractivity contribution in [3.8, 4) is 0 Å². The van der Waals surface area contributed by atoms with Crippen LogP contribution in [0.25, 0.3) is 0 Å². The van der Waals surface area contributed by atoms with E-state index in [2.05, 4.69) is 26.3 Å². The Bertz CT molecular complexity index is 469. The van der Waals surface area contributed by atoms with Crippen molar-refractivity contribution in [2.24, 2.45) is 5.84 Å². The Morgan fingerprint density at radius 3 is 3.11 bits per heavy atom. The van der Waals surface area contributed by atoms with Crippen LogP contribution in [0, 0.1) is 0 Å². The van der Waals surface area contributed by atoms with Gasteiger partial charge < -0.3 is 15.4 Å². The summed E-state index contributed by atoms with van der Waals surface area (Å²) >= 11 is 3.30. The number of aliphatic hydroxyl groups is 1. The third-order valence-electron chi connectivity index (χ3n) is 3.32. The third kappa shape index (κ3) is 3.05. The van der Waals surface area contributed by atoms with Gasteiger partial charge in [0.15, 0.2) is 5.82 Å². The van der Waals surface area contributed by atoms with Crippen molar-refractivity contribution in [3.05, 3.63) is 22.3 Å². The Hall–Kier alpha value is -1.18. The summed E-state index contributed by atoms with van der Waals surface area (Å²) < 4.78 is 0.715. The standard InChI is InChI=1S/C12H17BrN4O2/c13-8-5-10(11(16-14)15-6-8)12(19)17-4-2-1-3-9(17)7-18/h5-6,9,18H,1-4,7,14H2,(H,15,16). The molecule has 4 N–H and O–H groups in total. The van der Waals surface area contributed by atoms with E-state index in [1.54, 1.807) is 17.2 Å². The highest BCUT2D eigenvalue weighted by Crippen LogP contribution is 2.23. The summed E-state index contributed by atoms with van der Waals surface area (Å²) in [7, 11) is 0. The lowest BCUT2D eigenvalue weighted by Crippen LogP contribution is -2.45. The van der Waals surface area contributed by atoms with Crippen LogP contribution in [0.2, 0.25) is 0 Å². The zero-order valence-corrected chi connectivity index (χ0v) is 12.1. The molecule has 1 aromatic heterocycles. The van der Waals surface area contributed by atoms with E-state index in [4.69, 9.17) is 5.84 Å². The van der Waals surface area contributed by atoms with Crippen molar-refractivity contribution in [2.45, 2.75) is 25.3 Å². The molecule has 0 radical (unpaired) electrons. The number of aliphatic hydroxyl groups excluding tert-OH is 1. The molecule has 1 unspecified atom stereocenters. The van der Waals surface area contributed by atoms with Crippen molar-refractivity contribution in [2.75, 3.05) is 18.6 Å². The highest BCUT2D eigenvalue weighted by atomic mass is 79.9. The number of nitrogen functional groups attached to an aromatic ring is 1. The number of hydrazine groups is 1. The number of hydrogen-bond acceptors (Lipinski definition) is 5. The molecule has 0 spiro atoms. The molecule has 1 aliphatic heterocycles. The summed E-state index contributed by atoms with van der Waals surface area (Å²) in [5.41, 5.74) is 2.85. The molecule has 7 heteroatoms. The number of piperidine rings is 1. The first-order valence-electron chi connectivity index (χ1n) is 6.21. The van der Waals surface area contributed by atoms with Gasteiger partial charge in [-0.3, -0.25) is 4.79 Å². The molecule has 19 heavy (non-hydrogen) atoms. The van der Waals surface area contributed by atoms with Gasteiger partial charge in [-0.1, -0.05) is 0 Å². The predicted octanol–water partition coefficient (Wildman–Crippen LogP) is 1.12. The second-order valence-electron chi connectivity index (χ2n) is 4.52. The monoisotopic (exact) mass is 328 g/mol. The maximum atomic E-state index is 12.6. The third-order valence-corrected chi connectivity index (χ3v) is 3.75. The largest absolute Gasteiger partial charge is 0.394 e. The zero-order valence-electron chi connectivity index (χ0n) is 10.5. The van der Waals surface area contributed by atoms with Gasteiger partial charge >= 0.3 is 0 Å². The van der Waals surface area contributed by atoms with Crippen molar-refractivity contribution in [1.82, 2.24) is 9.88 Å². The molecule has 1 aliphatic rings. The van der Waals surface area contributed by atoms with E-state index >= 15 is 0 Å². The van der Waals surface area contributed by atoms with Gasteiger partial charge in [0.2, 0.25) is 0 Å². The minimum Gasteiger partial charge on any atom is -0.394 e. The van der Waals surface area contributed by atoms with E-state index in [1.165, 1.54) is 0 Å². The van der Waals surface area contributed by atoms with Gasteiger partial charge in [0.1, 0.15) is 0 Å². The van der Waals surface area contributed by atoms with Crippen LogP contribution in [0.15, 0.2) is 16.7 Å². The van der Waals surface area contributed by atoms with E-state index in [9.17, 15) is 9.90 Å². The topological polar surface area (TPSA) is 91.5 Å². The van der Waals surface area contributed by atoms with Crippen LogP contribution >= 0.6 is 15.9 Å². The number of anilines is 1. The average molecular weight is 329 g/mol. The van der Waals surface area contributed by atoms with Crippen LogP contribution in [0.4, 0.5) is 5.82 Å². The Morgan fingerprint density at radius 1 is 1.63 bits per heavy atom. The van der Waals surface area contributed by atoms with Crippen LogP contribution in [0.1, 0.15) is 29.6 Å². The van der Waals surface area contributed by atoms with Crippen molar-refractivity contribution < 1.29 is 9.90 Å². The molecule has 104 valence electrons. The van der Waals surface area contributed by atoms with Crippen molar-refractivity contribution >= 4 is 27.7 Å². The summed E-state index contributed by atoms with van der Waals surface area (Å²) in [6, 6.07) is 1.57. The first-order valence-corrected chi connectivity index (χ1v) is 7.00. The maximum Gasteiger partial charge on any atom is 0.258 e. The number of rotatable bonds is 3. The fraction of sp³-hybridized carbons (Fsp3) is 0.500. The van der Waals surface area contributed by atoms with Crippen molar-refractivity contribution in [1.29, 1.82) is 0 Å². The quantitative estimate of drug-likeness (QED) is 0.571. The molecule has 1 aromatic rings. The SMILES string of the molecule is NNc1ncc(Br)cc1C(=O)N1CCCCC1CO. The fourth-order valence-electron chi connectivity index (χ4n) is 2.33. The number of aromatic nitrogens is 1. The number of halogens is 1. The molecule has 1 fully saturated rings. The Labute approximate surface area is 120 Å². The number of nitrogens with zero attached hydrogens (tertiary/aromatic N) is 2. The maximum absolute atomic E-state index is 12.6. The Morgan fingerprint density at radius 2 is 2.42 bits per heavy atom. The molecule has 1 amide bonds. The first kappa shape index (κ1) is 14.2. The second kappa shape index (κ2) is 6.31. The van der Waals surface area contributed by atoms with Gasteiger partial charge in [0, 0.05) is 17.2 Å². The van der Waals surface area contributed by atoms with Crippen LogP contribution < -0.4 is 11.3 Å². The number of hydrogen-bond donors (Lipinski definition) is 3. The van der Waals surface area contributed by atoms with E-state index in [0.717, 1.165) is 19.3 Å². The summed E-state index contributed by atoms with van der Waals surface area (Å²) in [5.74, 6) is 5.58. The van der Waals surface area contributed by atoms with E-state index < -0.39 is 0 Å². The van der Waals surface area contributed by atoms with Crippen LogP contribution in [0.5, 0.6) is 0 Å². The number of pyridine rings is 1. The molecular formula is C12H17BrN4O2. The van der Waals surface area contributed by atoms with Gasteiger partial charge in [-0.2, -0.15) is 0 Å². The lowest BCUT2D eigenvalue weighted by molar-refractivity contribution is 0.0503. The van der Waals surface area contributed by atoms with Crippen LogP contribution in [0.3, 0.4) is 0 Å². The highest BCUT2D eigenvalue weighted by Gasteiger charge is 2.28. The van der Waals surface area contributed by atoms with Gasteiger partial charge in [-0.15, -0.1) is 0 Å². The summed E-state index contributed by atoms with van der Waals surface area (Å²) in [5, 5.41) is 9.38. The van der Waals surface area contributed by atoms with E-state index in [0.29, 0.717) is 22.4 Å². The van der Waals surface area contributed by atoms with Gasteiger partial charge in [0.25, 0.3) is 5.91 Å². The number of likely N-dealkylation sites (tertiary alicyclic amines) is 1. The average Bonchev–Trinajstić information content (AvgIpc) is 2.46. The Kier molecular flexibility index (Phi) is 4.73. The lowest BCUT2D eigenvalue weighted by Gasteiger charge is -2.34. The van der Waals surface area contributed by atoms with Crippen LogP contribution in [-0.4, -0.2) is 40.1 Å². The number of carbonyl (C=O) groups excluding carboxylic acids is 1. The number of nitrogens with one attached hydrogen (secondary N) is 1. The van der Waals surface area contributed by atoms with Crippen LogP contribution in [-0.2, 0) is 0 Å². The molecule has 2 heterocycles. The number of carbonyl (C=O) groups is 1. The van der Waals surface area contributed by atoms with Gasteiger partial charge in [-0.25, -0.2) is 10.8 Å². The molecule has 0 bridgehead atoms. The molecular weight excluding hydrogens is 312 g/mol. The number of nitrogens with two attached hydrogens (primary N) is 1. The van der Waals surface area contributed by atoms with E-state index in [-0.39, 0.29) is 18.6 Å². The fourth-order valence-corrected chi connectivity index (χ4v) is 2.66. The summed E-state index contributed by atoms with van der Waals surface area (Å²) in [6.07, 6.45) is 4.39. The van der Waals surface area contributed by atoms with Gasteiger partial charge in [0.05, 0.1) is 18.2 Å². The lowest BCUT2D eigenvalue weighted by atomic mass is 10.0. The molecule has 6 nitrogen and oxygen atoms in total. The smallest absolute Gasteiger partial charge is 0.258 e. The predicted molar refractivity (Wildman–Crippen MR) is 75.5 cm³/mol. The minimum absolute atomic E-state index is 0.0153. The summed E-state index contributed by atoms with van der Waals surface area (Å²) in [6.45, 7) is 0.638. The molecule has 0 aromatic carbocycles. The Balaban J connectivity index is 2.29. The van der Waals surface area contributed by atoms with Crippen molar-refractivity contribution in [3.63, 3.8) is 0 Å². The molecule has 0 aliphatic carbocycles.